The van der Waals surface area contributed by atoms with Gasteiger partial charge in [0.1, 0.15) is 6.54 Å². The van der Waals surface area contributed by atoms with Gasteiger partial charge in [-0.25, -0.2) is 0 Å². The number of benzene rings is 2. The van der Waals surface area contributed by atoms with Crippen LogP contribution in [0.3, 0.4) is 0 Å². The predicted octanol–water partition coefficient (Wildman–Crippen LogP) is 3.75. The summed E-state index contributed by atoms with van der Waals surface area (Å²) in [7, 11) is 0. The molecule has 0 aliphatic rings. The Balaban J connectivity index is 2.22. The molecular formula is C18H19ClN2O2. The third-order valence-corrected chi connectivity index (χ3v) is 3.71. The van der Waals surface area contributed by atoms with Crippen molar-refractivity contribution in [3.63, 3.8) is 0 Å². The first-order chi connectivity index (χ1) is 11.0. The maximum atomic E-state index is 12.6. The third-order valence-electron chi connectivity index (χ3n) is 3.48. The Kier molecular flexibility index (Phi) is 5.77. The summed E-state index contributed by atoms with van der Waals surface area (Å²) >= 11 is 5.98. The fourth-order valence-electron chi connectivity index (χ4n) is 2.36. The number of rotatable bonds is 5. The van der Waals surface area contributed by atoms with E-state index in [0.717, 1.165) is 5.69 Å². The van der Waals surface area contributed by atoms with Gasteiger partial charge >= 0.3 is 0 Å². The molecule has 0 unspecified atom stereocenters. The Morgan fingerprint density at radius 3 is 2.17 bits per heavy atom. The monoisotopic (exact) mass is 330 g/mol. The maximum absolute atomic E-state index is 12.6. The summed E-state index contributed by atoms with van der Waals surface area (Å²) in [6.45, 7) is 3.85. The molecule has 0 saturated heterocycles. The van der Waals surface area contributed by atoms with E-state index in [2.05, 4.69) is 0 Å². The summed E-state index contributed by atoms with van der Waals surface area (Å²) in [5.41, 5.74) is 1.43. The zero-order chi connectivity index (χ0) is 16.8. The van der Waals surface area contributed by atoms with Crippen molar-refractivity contribution in [1.29, 1.82) is 0 Å². The second-order valence-electron chi connectivity index (χ2n) is 5.06. The fraction of sp³-hybridized carbons (Fsp3) is 0.222. The molecule has 2 amide bonds. The van der Waals surface area contributed by atoms with Gasteiger partial charge in [-0.15, -0.1) is 0 Å². The molecule has 2 aromatic rings. The average molecular weight is 331 g/mol. The van der Waals surface area contributed by atoms with E-state index >= 15 is 0 Å². The predicted molar refractivity (Wildman–Crippen MR) is 93.9 cm³/mol. The molecule has 2 rings (SSSR count). The summed E-state index contributed by atoms with van der Waals surface area (Å²) in [6.07, 6.45) is 0. The van der Waals surface area contributed by atoms with E-state index in [1.807, 2.05) is 37.3 Å². The van der Waals surface area contributed by atoms with Gasteiger partial charge in [0.05, 0.1) is 0 Å². The molecule has 120 valence electrons. The van der Waals surface area contributed by atoms with Crippen LogP contribution in [0.15, 0.2) is 54.6 Å². The van der Waals surface area contributed by atoms with Crippen LogP contribution in [0.25, 0.3) is 0 Å². The van der Waals surface area contributed by atoms with Crippen molar-refractivity contribution < 1.29 is 9.59 Å². The largest absolute Gasteiger partial charge is 0.311 e. The SMILES string of the molecule is CCN(C(=O)CN(C(C)=O)c1cccc(Cl)c1)c1ccccc1. The number of halogens is 1. The van der Waals surface area contributed by atoms with Crippen LogP contribution >= 0.6 is 11.6 Å². The van der Waals surface area contributed by atoms with Crippen molar-refractivity contribution in [2.45, 2.75) is 13.8 Å². The highest BCUT2D eigenvalue weighted by Gasteiger charge is 2.20. The Morgan fingerprint density at radius 2 is 1.61 bits per heavy atom. The van der Waals surface area contributed by atoms with Gasteiger partial charge in [0.2, 0.25) is 11.8 Å². The molecule has 0 bridgehead atoms. The zero-order valence-electron chi connectivity index (χ0n) is 13.2. The molecule has 0 N–H and O–H groups in total. The number of para-hydroxylation sites is 1. The number of hydrogen-bond donors (Lipinski definition) is 0. The van der Waals surface area contributed by atoms with Crippen molar-refractivity contribution >= 4 is 34.8 Å². The number of carbonyl (C=O) groups excluding carboxylic acids is 2. The fourth-order valence-corrected chi connectivity index (χ4v) is 2.54. The van der Waals surface area contributed by atoms with Crippen molar-refractivity contribution in [3.8, 4) is 0 Å². The van der Waals surface area contributed by atoms with E-state index in [1.54, 1.807) is 29.2 Å². The summed E-state index contributed by atoms with van der Waals surface area (Å²) < 4.78 is 0. The van der Waals surface area contributed by atoms with Crippen LogP contribution in [0.5, 0.6) is 0 Å². The quantitative estimate of drug-likeness (QED) is 0.837. The number of nitrogens with zero attached hydrogens (tertiary/aromatic N) is 2. The second kappa shape index (κ2) is 7.79. The molecule has 0 heterocycles. The highest BCUT2D eigenvalue weighted by atomic mass is 35.5. The van der Waals surface area contributed by atoms with Gasteiger partial charge in [0, 0.05) is 29.9 Å². The molecule has 0 aliphatic heterocycles. The number of likely N-dealkylation sites (N-methyl/N-ethyl adjacent to an activating group) is 1. The van der Waals surface area contributed by atoms with Crippen LogP contribution in [0.4, 0.5) is 11.4 Å². The highest BCUT2D eigenvalue weighted by molar-refractivity contribution is 6.31. The third kappa shape index (κ3) is 4.33. The lowest BCUT2D eigenvalue weighted by molar-refractivity contribution is -0.121. The van der Waals surface area contributed by atoms with Gasteiger partial charge in [-0.2, -0.15) is 0 Å². The molecule has 0 spiro atoms. The van der Waals surface area contributed by atoms with E-state index in [4.69, 9.17) is 11.6 Å². The topological polar surface area (TPSA) is 40.6 Å². The minimum atomic E-state index is -0.204. The van der Waals surface area contributed by atoms with E-state index in [1.165, 1.54) is 11.8 Å². The Bertz CT molecular complexity index is 688. The van der Waals surface area contributed by atoms with Gasteiger partial charge in [0.25, 0.3) is 0 Å². The maximum Gasteiger partial charge on any atom is 0.247 e. The van der Waals surface area contributed by atoms with E-state index in [9.17, 15) is 9.59 Å². The van der Waals surface area contributed by atoms with Crippen molar-refractivity contribution in [2.24, 2.45) is 0 Å². The van der Waals surface area contributed by atoms with Crippen LogP contribution in [0.2, 0.25) is 5.02 Å². The first kappa shape index (κ1) is 17.0. The van der Waals surface area contributed by atoms with Crippen molar-refractivity contribution in [1.82, 2.24) is 0 Å². The van der Waals surface area contributed by atoms with Gasteiger partial charge in [0.15, 0.2) is 0 Å². The van der Waals surface area contributed by atoms with Crippen molar-refractivity contribution in [2.75, 3.05) is 22.9 Å². The van der Waals surface area contributed by atoms with Crippen LogP contribution in [-0.2, 0) is 9.59 Å². The first-order valence-electron chi connectivity index (χ1n) is 7.42. The van der Waals surface area contributed by atoms with Crippen LogP contribution in [-0.4, -0.2) is 24.9 Å². The number of amides is 2. The van der Waals surface area contributed by atoms with E-state index in [-0.39, 0.29) is 18.4 Å². The molecule has 4 nitrogen and oxygen atoms in total. The molecule has 0 atom stereocenters. The molecule has 0 fully saturated rings. The zero-order valence-corrected chi connectivity index (χ0v) is 14.0. The van der Waals surface area contributed by atoms with E-state index in [0.29, 0.717) is 17.3 Å². The van der Waals surface area contributed by atoms with Crippen molar-refractivity contribution in [3.05, 3.63) is 59.6 Å². The second-order valence-corrected chi connectivity index (χ2v) is 5.50. The van der Waals surface area contributed by atoms with E-state index < -0.39 is 0 Å². The molecule has 0 radical (unpaired) electrons. The Morgan fingerprint density at radius 1 is 0.957 bits per heavy atom. The summed E-state index contributed by atoms with van der Waals surface area (Å²) in [5.74, 6) is -0.349. The smallest absolute Gasteiger partial charge is 0.247 e. The molecular weight excluding hydrogens is 312 g/mol. The molecule has 23 heavy (non-hydrogen) atoms. The van der Waals surface area contributed by atoms with Gasteiger partial charge in [-0.3, -0.25) is 9.59 Å². The van der Waals surface area contributed by atoms with Gasteiger partial charge in [-0.05, 0) is 37.3 Å². The van der Waals surface area contributed by atoms with Crippen LogP contribution < -0.4 is 9.80 Å². The normalized spacial score (nSPS) is 10.2. The molecule has 2 aromatic carbocycles. The number of carbonyl (C=O) groups is 2. The average Bonchev–Trinajstić information content (AvgIpc) is 2.54. The molecule has 0 aliphatic carbocycles. The van der Waals surface area contributed by atoms with Gasteiger partial charge < -0.3 is 9.80 Å². The lowest BCUT2D eigenvalue weighted by Crippen LogP contribution is -2.42. The van der Waals surface area contributed by atoms with Crippen LogP contribution in [0.1, 0.15) is 13.8 Å². The lowest BCUT2D eigenvalue weighted by Gasteiger charge is -2.26. The Hall–Kier alpha value is -2.33. The molecule has 0 saturated carbocycles. The molecule has 5 heteroatoms. The minimum Gasteiger partial charge on any atom is -0.311 e. The molecule has 0 aromatic heterocycles. The summed E-state index contributed by atoms with van der Waals surface area (Å²) in [4.78, 5) is 27.7. The van der Waals surface area contributed by atoms with Gasteiger partial charge in [-0.1, -0.05) is 35.9 Å². The Labute approximate surface area is 141 Å². The summed E-state index contributed by atoms with van der Waals surface area (Å²) in [5, 5.41) is 0.525. The minimum absolute atomic E-state index is 0.0294. The number of hydrogen-bond acceptors (Lipinski definition) is 2. The van der Waals surface area contributed by atoms with Crippen LogP contribution in [0, 0.1) is 0 Å². The first-order valence-corrected chi connectivity index (χ1v) is 7.79. The standard InChI is InChI=1S/C18H19ClN2O2/c1-3-20(16-9-5-4-6-10-16)18(23)13-21(14(2)22)17-11-7-8-15(19)12-17/h4-12H,3,13H2,1-2H3. The number of anilines is 2. The lowest BCUT2D eigenvalue weighted by atomic mass is 10.2. The highest BCUT2D eigenvalue weighted by Crippen LogP contribution is 2.21. The summed E-state index contributed by atoms with van der Waals surface area (Å²) in [6, 6.07) is 16.3.